The molecule has 0 unspecified atom stereocenters. The van der Waals surface area contributed by atoms with Crippen LogP contribution in [0.2, 0.25) is 0 Å². The van der Waals surface area contributed by atoms with E-state index in [4.69, 9.17) is 10.8 Å². The highest BCUT2D eigenvalue weighted by atomic mass is 19.3. The van der Waals surface area contributed by atoms with Gasteiger partial charge in [0.15, 0.2) is 0 Å². The van der Waals surface area contributed by atoms with Gasteiger partial charge in [-0.25, -0.2) is 13.8 Å². The van der Waals surface area contributed by atoms with Crippen molar-refractivity contribution < 1.29 is 18.7 Å². The molecular formula is C9H10F2N2O2. The van der Waals surface area contributed by atoms with Crippen molar-refractivity contribution in [2.75, 3.05) is 5.73 Å². The van der Waals surface area contributed by atoms with Crippen LogP contribution in [0.15, 0.2) is 6.20 Å². The molecule has 0 spiro atoms. The Balaban J connectivity index is 3.23. The molecule has 0 aromatic carbocycles. The number of nitrogen functional groups attached to an aromatic ring is 1. The molecule has 0 atom stereocenters. The number of carbonyl (C=O) groups is 1. The van der Waals surface area contributed by atoms with Crippen molar-refractivity contribution in [3.63, 3.8) is 0 Å². The molecule has 0 aliphatic rings. The summed E-state index contributed by atoms with van der Waals surface area (Å²) in [7, 11) is 0. The number of hydrogen-bond acceptors (Lipinski definition) is 3. The molecule has 3 N–H and O–H groups in total. The molecular weight excluding hydrogens is 206 g/mol. The molecule has 6 heteroatoms. The Morgan fingerprint density at radius 2 is 2.27 bits per heavy atom. The molecule has 4 nitrogen and oxygen atoms in total. The average Bonchev–Trinajstić information content (AvgIpc) is 2.11. The molecule has 0 fully saturated rings. The normalized spacial score (nSPS) is 10.7. The van der Waals surface area contributed by atoms with Gasteiger partial charge in [-0.15, -0.1) is 0 Å². The second-order valence-corrected chi connectivity index (χ2v) is 3.07. The van der Waals surface area contributed by atoms with Crippen molar-refractivity contribution in [3.05, 3.63) is 22.9 Å². The Bertz CT molecular complexity index is 394. The molecule has 0 aliphatic heterocycles. The van der Waals surface area contributed by atoms with E-state index in [-0.39, 0.29) is 22.5 Å². The standard InChI is InChI=1S/C9H10F2N2O2/c1-4-5(2-7(14)15)9(12)13-3-6(4)8(10)11/h3,8H,2H2,1H3,(H2,12,13)(H,14,15). The van der Waals surface area contributed by atoms with Gasteiger partial charge in [0.2, 0.25) is 0 Å². The maximum atomic E-state index is 12.4. The SMILES string of the molecule is Cc1c(C(F)F)cnc(N)c1CC(=O)O. The maximum absolute atomic E-state index is 12.4. The van der Waals surface area contributed by atoms with Gasteiger partial charge in [-0.3, -0.25) is 4.79 Å². The summed E-state index contributed by atoms with van der Waals surface area (Å²) in [5, 5.41) is 8.57. The molecule has 15 heavy (non-hydrogen) atoms. The first kappa shape index (κ1) is 11.4. The molecule has 0 aliphatic carbocycles. The molecule has 0 radical (unpaired) electrons. The molecule has 82 valence electrons. The molecule has 0 saturated heterocycles. The zero-order valence-electron chi connectivity index (χ0n) is 8.00. The first-order chi connectivity index (χ1) is 6.93. The summed E-state index contributed by atoms with van der Waals surface area (Å²) in [6.45, 7) is 1.41. The van der Waals surface area contributed by atoms with Gasteiger partial charge in [-0.1, -0.05) is 0 Å². The number of carboxylic acids is 1. The van der Waals surface area contributed by atoms with E-state index in [0.717, 1.165) is 6.20 Å². The number of nitrogens with zero attached hydrogens (tertiary/aromatic N) is 1. The van der Waals surface area contributed by atoms with Crippen LogP contribution in [0.5, 0.6) is 0 Å². The minimum atomic E-state index is -2.68. The predicted molar refractivity (Wildman–Crippen MR) is 49.7 cm³/mol. The summed E-state index contributed by atoms with van der Waals surface area (Å²) < 4.78 is 24.9. The lowest BCUT2D eigenvalue weighted by Crippen LogP contribution is -2.09. The number of alkyl halides is 2. The third kappa shape index (κ3) is 2.39. The van der Waals surface area contributed by atoms with Gasteiger partial charge in [0.25, 0.3) is 6.43 Å². The third-order valence-electron chi connectivity index (χ3n) is 2.10. The van der Waals surface area contributed by atoms with Crippen LogP contribution in [0.4, 0.5) is 14.6 Å². The number of hydrogen-bond donors (Lipinski definition) is 2. The van der Waals surface area contributed by atoms with Crippen LogP contribution in [0.1, 0.15) is 23.1 Å². The van der Waals surface area contributed by atoms with E-state index in [1.807, 2.05) is 0 Å². The van der Waals surface area contributed by atoms with Crippen molar-refractivity contribution in [2.24, 2.45) is 0 Å². The van der Waals surface area contributed by atoms with Gasteiger partial charge in [0.1, 0.15) is 5.82 Å². The van der Waals surface area contributed by atoms with Crippen LogP contribution in [-0.4, -0.2) is 16.1 Å². The maximum Gasteiger partial charge on any atom is 0.307 e. The fraction of sp³-hybridized carbons (Fsp3) is 0.333. The first-order valence-corrected chi connectivity index (χ1v) is 4.17. The number of aromatic nitrogens is 1. The number of rotatable bonds is 3. The predicted octanol–water partition coefficient (Wildman–Crippen LogP) is 1.54. The van der Waals surface area contributed by atoms with Gasteiger partial charge in [-0.05, 0) is 12.5 Å². The minimum Gasteiger partial charge on any atom is -0.481 e. The fourth-order valence-corrected chi connectivity index (χ4v) is 1.27. The topological polar surface area (TPSA) is 76.2 Å². The van der Waals surface area contributed by atoms with E-state index in [1.54, 1.807) is 0 Å². The van der Waals surface area contributed by atoms with E-state index in [0.29, 0.717) is 0 Å². The Morgan fingerprint density at radius 1 is 1.67 bits per heavy atom. The average molecular weight is 216 g/mol. The summed E-state index contributed by atoms with van der Waals surface area (Å²) in [5.41, 5.74) is 5.49. The first-order valence-electron chi connectivity index (χ1n) is 4.17. The summed E-state index contributed by atoms with van der Waals surface area (Å²) in [4.78, 5) is 14.0. The highest BCUT2D eigenvalue weighted by Gasteiger charge is 2.17. The third-order valence-corrected chi connectivity index (χ3v) is 2.10. The van der Waals surface area contributed by atoms with E-state index in [1.165, 1.54) is 6.92 Å². The second-order valence-electron chi connectivity index (χ2n) is 3.07. The molecule has 1 rings (SSSR count). The molecule has 0 bridgehead atoms. The molecule has 0 amide bonds. The van der Waals surface area contributed by atoms with Crippen LogP contribution in [0.3, 0.4) is 0 Å². The van der Waals surface area contributed by atoms with Crippen LogP contribution in [-0.2, 0) is 11.2 Å². The van der Waals surface area contributed by atoms with Crippen molar-refractivity contribution in [3.8, 4) is 0 Å². The Morgan fingerprint density at radius 3 is 2.73 bits per heavy atom. The summed E-state index contributed by atoms with van der Waals surface area (Å²) in [6, 6.07) is 0. The zero-order valence-corrected chi connectivity index (χ0v) is 8.00. The van der Waals surface area contributed by atoms with Gasteiger partial charge in [-0.2, -0.15) is 0 Å². The molecule has 1 aromatic rings. The van der Waals surface area contributed by atoms with Crippen molar-refractivity contribution >= 4 is 11.8 Å². The van der Waals surface area contributed by atoms with Gasteiger partial charge in [0, 0.05) is 17.3 Å². The Kier molecular flexibility index (Phi) is 3.18. The lowest BCUT2D eigenvalue weighted by Gasteiger charge is -2.10. The number of nitrogens with two attached hydrogens (primary N) is 1. The number of carboxylic acid groups (broad SMARTS) is 1. The summed E-state index contributed by atoms with van der Waals surface area (Å²) in [6.07, 6.45) is -2.10. The van der Waals surface area contributed by atoms with Crippen LogP contribution in [0, 0.1) is 6.92 Å². The number of halogens is 2. The zero-order chi connectivity index (χ0) is 11.6. The quantitative estimate of drug-likeness (QED) is 0.803. The van der Waals surface area contributed by atoms with Crippen LogP contribution < -0.4 is 5.73 Å². The van der Waals surface area contributed by atoms with E-state index >= 15 is 0 Å². The highest BCUT2D eigenvalue weighted by molar-refractivity contribution is 5.73. The van der Waals surface area contributed by atoms with Crippen LogP contribution in [0.25, 0.3) is 0 Å². The number of aliphatic carboxylic acids is 1. The van der Waals surface area contributed by atoms with E-state index < -0.39 is 18.8 Å². The lowest BCUT2D eigenvalue weighted by molar-refractivity contribution is -0.136. The van der Waals surface area contributed by atoms with Crippen molar-refractivity contribution in [1.82, 2.24) is 4.98 Å². The summed E-state index contributed by atoms with van der Waals surface area (Å²) >= 11 is 0. The highest BCUT2D eigenvalue weighted by Crippen LogP contribution is 2.26. The molecule has 0 saturated carbocycles. The number of anilines is 1. The summed E-state index contributed by atoms with van der Waals surface area (Å²) in [5.74, 6) is -1.14. The Labute approximate surface area is 84.7 Å². The largest absolute Gasteiger partial charge is 0.481 e. The second kappa shape index (κ2) is 4.20. The van der Waals surface area contributed by atoms with E-state index in [9.17, 15) is 13.6 Å². The smallest absolute Gasteiger partial charge is 0.307 e. The van der Waals surface area contributed by atoms with Crippen molar-refractivity contribution in [1.29, 1.82) is 0 Å². The Hall–Kier alpha value is -1.72. The molecule has 1 aromatic heterocycles. The van der Waals surface area contributed by atoms with Crippen LogP contribution >= 0.6 is 0 Å². The number of pyridine rings is 1. The molecule has 1 heterocycles. The van der Waals surface area contributed by atoms with Gasteiger partial charge < -0.3 is 10.8 Å². The minimum absolute atomic E-state index is 0.0145. The van der Waals surface area contributed by atoms with E-state index in [2.05, 4.69) is 4.98 Å². The fourth-order valence-electron chi connectivity index (χ4n) is 1.27. The van der Waals surface area contributed by atoms with Crippen molar-refractivity contribution in [2.45, 2.75) is 19.8 Å². The van der Waals surface area contributed by atoms with Gasteiger partial charge >= 0.3 is 5.97 Å². The van der Waals surface area contributed by atoms with Gasteiger partial charge in [0.05, 0.1) is 6.42 Å². The monoisotopic (exact) mass is 216 g/mol. The lowest BCUT2D eigenvalue weighted by atomic mass is 10.0.